The van der Waals surface area contributed by atoms with Gasteiger partial charge < -0.3 is 15.7 Å². The third-order valence-electron chi connectivity index (χ3n) is 2.97. The molecule has 21 heavy (non-hydrogen) atoms. The van der Waals surface area contributed by atoms with Crippen LogP contribution < -0.4 is 10.6 Å². The van der Waals surface area contributed by atoms with E-state index < -0.39 is 6.04 Å². The van der Waals surface area contributed by atoms with Gasteiger partial charge in [0.15, 0.2) is 0 Å². The molecule has 112 valence electrons. The number of benzene rings is 1. The van der Waals surface area contributed by atoms with Crippen LogP contribution in [0.2, 0.25) is 0 Å². The molecule has 0 aliphatic heterocycles. The number of nitrogens with one attached hydrogen (secondary N) is 2. The predicted octanol–water partition coefficient (Wildman–Crippen LogP) is 0.593. The van der Waals surface area contributed by atoms with Gasteiger partial charge >= 0.3 is 0 Å². The van der Waals surface area contributed by atoms with E-state index in [1.165, 1.54) is 0 Å². The molecular weight excluding hydrogens is 268 g/mol. The average Bonchev–Trinajstić information content (AvgIpc) is 2.46. The maximum absolute atomic E-state index is 12.2. The van der Waals surface area contributed by atoms with Crippen LogP contribution in [0.3, 0.4) is 0 Å². The van der Waals surface area contributed by atoms with Crippen LogP contribution in [0.15, 0.2) is 18.2 Å². The zero-order valence-corrected chi connectivity index (χ0v) is 12.5. The fraction of sp³-hybridized carbons (Fsp3) is 0.375. The van der Waals surface area contributed by atoms with Crippen LogP contribution >= 0.6 is 0 Å². The lowest BCUT2D eigenvalue weighted by molar-refractivity contribution is -0.122. The molecule has 0 aliphatic carbocycles. The first-order valence-electron chi connectivity index (χ1n) is 6.79. The quantitative estimate of drug-likeness (QED) is 0.710. The van der Waals surface area contributed by atoms with Gasteiger partial charge in [0.25, 0.3) is 5.91 Å². The van der Waals surface area contributed by atoms with Crippen LogP contribution in [0.5, 0.6) is 0 Å². The van der Waals surface area contributed by atoms with Crippen molar-refractivity contribution in [3.8, 4) is 11.8 Å². The topological polar surface area (TPSA) is 78.4 Å². The zero-order chi connectivity index (χ0) is 15.8. The van der Waals surface area contributed by atoms with E-state index in [0.717, 1.165) is 5.56 Å². The van der Waals surface area contributed by atoms with Gasteiger partial charge in [-0.05, 0) is 38.5 Å². The Kier molecular flexibility index (Phi) is 6.44. The number of hydrogen-bond donors (Lipinski definition) is 3. The molecule has 1 rings (SSSR count). The molecule has 0 heterocycles. The molecule has 1 aromatic rings. The number of carbonyl (C=O) groups excluding carboxylic acids is 2. The first kappa shape index (κ1) is 16.7. The second-order valence-corrected chi connectivity index (χ2v) is 4.53. The Hall–Kier alpha value is -2.32. The van der Waals surface area contributed by atoms with Gasteiger partial charge in [0.1, 0.15) is 12.6 Å². The largest absolute Gasteiger partial charge is 0.384 e. The molecule has 5 heteroatoms. The lowest BCUT2D eigenvalue weighted by atomic mass is 10.0. The highest BCUT2D eigenvalue weighted by Crippen LogP contribution is 2.13. The van der Waals surface area contributed by atoms with Gasteiger partial charge in [-0.1, -0.05) is 17.9 Å². The Balaban J connectivity index is 2.90. The van der Waals surface area contributed by atoms with Gasteiger partial charge in [-0.15, -0.1) is 0 Å². The summed E-state index contributed by atoms with van der Waals surface area (Å²) in [5, 5.41) is 14.0. The molecule has 3 N–H and O–H groups in total. The van der Waals surface area contributed by atoms with Crippen molar-refractivity contribution in [1.29, 1.82) is 0 Å². The summed E-state index contributed by atoms with van der Waals surface area (Å²) in [6.07, 6.45) is 0. The summed E-state index contributed by atoms with van der Waals surface area (Å²) in [6, 6.07) is 4.57. The smallest absolute Gasteiger partial charge is 0.252 e. The van der Waals surface area contributed by atoms with Crippen molar-refractivity contribution in [2.75, 3.05) is 13.2 Å². The van der Waals surface area contributed by atoms with Gasteiger partial charge in [-0.2, -0.15) is 0 Å². The van der Waals surface area contributed by atoms with Gasteiger partial charge in [0.2, 0.25) is 5.91 Å². The van der Waals surface area contributed by atoms with Crippen molar-refractivity contribution in [3.63, 3.8) is 0 Å². The standard InChI is InChI=1S/C16H20N2O3/c1-4-17-15(20)12(3)18-16(21)14-9-5-7-13(11(14)2)8-6-10-19/h5,7,9,12,19H,4,10H2,1-3H3,(H,17,20)(H,18,21). The summed E-state index contributed by atoms with van der Waals surface area (Å²) in [5.74, 6) is 4.81. The molecule has 0 aliphatic rings. The first-order chi connectivity index (χ1) is 10.0. The van der Waals surface area contributed by atoms with Gasteiger partial charge in [0, 0.05) is 17.7 Å². The fourth-order valence-corrected chi connectivity index (χ4v) is 1.82. The number of aliphatic hydroxyl groups is 1. The van der Waals surface area contributed by atoms with Gasteiger partial charge in [0.05, 0.1) is 0 Å². The molecule has 0 saturated heterocycles. The molecule has 0 spiro atoms. The van der Waals surface area contributed by atoms with E-state index in [9.17, 15) is 9.59 Å². The van der Waals surface area contributed by atoms with E-state index in [0.29, 0.717) is 17.7 Å². The second-order valence-electron chi connectivity index (χ2n) is 4.53. The van der Waals surface area contributed by atoms with Crippen molar-refractivity contribution in [1.82, 2.24) is 10.6 Å². The van der Waals surface area contributed by atoms with Crippen molar-refractivity contribution in [2.45, 2.75) is 26.8 Å². The van der Waals surface area contributed by atoms with Crippen LogP contribution in [-0.2, 0) is 4.79 Å². The minimum absolute atomic E-state index is 0.222. The van der Waals surface area contributed by atoms with E-state index in [-0.39, 0.29) is 18.4 Å². The van der Waals surface area contributed by atoms with E-state index in [4.69, 9.17) is 5.11 Å². The Labute approximate surface area is 124 Å². The second kappa shape index (κ2) is 8.08. The molecular formula is C16H20N2O3. The van der Waals surface area contributed by atoms with Crippen LogP contribution in [-0.4, -0.2) is 36.1 Å². The first-order valence-corrected chi connectivity index (χ1v) is 6.79. The zero-order valence-electron chi connectivity index (χ0n) is 12.5. The van der Waals surface area contributed by atoms with Crippen LogP contribution in [0.4, 0.5) is 0 Å². The van der Waals surface area contributed by atoms with Crippen molar-refractivity contribution < 1.29 is 14.7 Å². The van der Waals surface area contributed by atoms with E-state index in [2.05, 4.69) is 22.5 Å². The maximum Gasteiger partial charge on any atom is 0.252 e. The summed E-state index contributed by atoms with van der Waals surface area (Å²) in [4.78, 5) is 23.8. The molecule has 2 amide bonds. The number of aliphatic hydroxyl groups excluding tert-OH is 1. The summed E-state index contributed by atoms with van der Waals surface area (Å²) in [6.45, 7) is 5.52. The molecule has 0 bridgehead atoms. The molecule has 0 radical (unpaired) electrons. The van der Waals surface area contributed by atoms with Gasteiger partial charge in [-0.25, -0.2) is 0 Å². The van der Waals surface area contributed by atoms with Crippen LogP contribution in [0.1, 0.15) is 35.3 Å². The minimum Gasteiger partial charge on any atom is -0.384 e. The Morgan fingerprint density at radius 1 is 1.38 bits per heavy atom. The van der Waals surface area contributed by atoms with Crippen molar-refractivity contribution in [2.24, 2.45) is 0 Å². The number of likely N-dealkylation sites (N-methyl/N-ethyl adjacent to an activating group) is 1. The lowest BCUT2D eigenvalue weighted by Crippen LogP contribution is -2.44. The number of rotatable bonds is 4. The maximum atomic E-state index is 12.2. The van der Waals surface area contributed by atoms with Crippen LogP contribution in [0, 0.1) is 18.8 Å². The summed E-state index contributed by atoms with van der Waals surface area (Å²) < 4.78 is 0. The average molecular weight is 288 g/mol. The van der Waals surface area contributed by atoms with Crippen molar-refractivity contribution in [3.05, 3.63) is 34.9 Å². The molecule has 0 saturated carbocycles. The summed E-state index contributed by atoms with van der Waals surface area (Å²) >= 11 is 0. The molecule has 5 nitrogen and oxygen atoms in total. The third kappa shape index (κ3) is 4.62. The normalized spacial score (nSPS) is 11.0. The number of amides is 2. The fourth-order valence-electron chi connectivity index (χ4n) is 1.82. The third-order valence-corrected chi connectivity index (χ3v) is 2.97. The molecule has 1 atom stereocenters. The monoisotopic (exact) mass is 288 g/mol. The molecule has 1 aromatic carbocycles. The SMILES string of the molecule is CCNC(=O)C(C)NC(=O)c1cccc(C#CCO)c1C. The number of carbonyl (C=O) groups is 2. The Morgan fingerprint density at radius 3 is 2.71 bits per heavy atom. The highest BCUT2D eigenvalue weighted by atomic mass is 16.2. The summed E-state index contributed by atoms with van der Waals surface area (Å²) in [7, 11) is 0. The van der Waals surface area contributed by atoms with E-state index in [1.807, 2.05) is 6.92 Å². The highest BCUT2D eigenvalue weighted by molar-refractivity contribution is 5.98. The Bertz CT molecular complexity index is 585. The summed E-state index contributed by atoms with van der Waals surface area (Å²) in [5.41, 5.74) is 1.87. The Morgan fingerprint density at radius 2 is 2.10 bits per heavy atom. The highest BCUT2D eigenvalue weighted by Gasteiger charge is 2.17. The van der Waals surface area contributed by atoms with Crippen LogP contribution in [0.25, 0.3) is 0 Å². The van der Waals surface area contributed by atoms with Gasteiger partial charge in [-0.3, -0.25) is 9.59 Å². The number of hydrogen-bond acceptors (Lipinski definition) is 3. The van der Waals surface area contributed by atoms with E-state index >= 15 is 0 Å². The van der Waals surface area contributed by atoms with Crippen molar-refractivity contribution >= 4 is 11.8 Å². The lowest BCUT2D eigenvalue weighted by Gasteiger charge is -2.14. The minimum atomic E-state index is -0.607. The molecule has 0 fully saturated rings. The predicted molar refractivity (Wildman–Crippen MR) is 80.8 cm³/mol. The molecule has 0 aromatic heterocycles. The molecule has 1 unspecified atom stereocenters. The van der Waals surface area contributed by atoms with E-state index in [1.54, 1.807) is 32.0 Å².